The van der Waals surface area contributed by atoms with Gasteiger partial charge < -0.3 is 5.32 Å². The molecule has 0 aromatic carbocycles. The van der Waals surface area contributed by atoms with Crippen LogP contribution in [0.3, 0.4) is 0 Å². The van der Waals surface area contributed by atoms with E-state index in [0.29, 0.717) is 6.42 Å². The molecule has 0 unspecified atom stereocenters. The highest BCUT2D eigenvalue weighted by molar-refractivity contribution is 14.1. The Kier molecular flexibility index (Phi) is 2.20. The number of Topliss-reactive ketones (excluding diaryl/α,β-unsaturated/α-hetero) is 1. The Morgan fingerprint density at radius 1 is 1.50 bits per heavy atom. The number of hydrogen-bond acceptors (Lipinski definition) is 3. The molecule has 1 aliphatic carbocycles. The van der Waals surface area contributed by atoms with Gasteiger partial charge in [0.2, 0.25) is 3.79 Å². The molecule has 1 N–H and O–H groups in total. The van der Waals surface area contributed by atoms with Crippen LogP contribution in [0.15, 0.2) is 0 Å². The third kappa shape index (κ3) is 1.31. The highest BCUT2D eigenvalue weighted by Gasteiger charge is 2.43. The monoisotopic (exact) mass is 279 g/mol. The number of rotatable bonds is 1. The summed E-state index contributed by atoms with van der Waals surface area (Å²) in [5.74, 6) is 0.249. The van der Waals surface area contributed by atoms with Crippen molar-refractivity contribution < 1.29 is 9.59 Å². The standard InChI is InChI=1S/C8H10INO2/c9-8(12)7-5-2-1-4(10-7)3-6(5)11/h4-5,7,10H,1-3H2/t4-,5+,7-/m0/s1. The second kappa shape index (κ2) is 3.06. The van der Waals surface area contributed by atoms with Crippen molar-refractivity contribution in [2.45, 2.75) is 31.3 Å². The van der Waals surface area contributed by atoms with E-state index in [1.54, 1.807) is 22.6 Å². The lowest BCUT2D eigenvalue weighted by Crippen LogP contribution is -2.58. The average Bonchev–Trinajstić information content (AvgIpc) is 2.04. The third-order valence-corrected chi connectivity index (χ3v) is 3.42. The summed E-state index contributed by atoms with van der Waals surface area (Å²) in [6.45, 7) is 0. The van der Waals surface area contributed by atoms with E-state index in [9.17, 15) is 9.59 Å². The van der Waals surface area contributed by atoms with Crippen molar-refractivity contribution in [2.24, 2.45) is 5.92 Å². The first-order valence-corrected chi connectivity index (χ1v) is 5.24. The Morgan fingerprint density at radius 3 is 2.67 bits per heavy atom. The summed E-state index contributed by atoms with van der Waals surface area (Å²) in [6, 6.07) is 0.0804. The predicted molar refractivity (Wildman–Crippen MR) is 52.1 cm³/mol. The molecule has 2 bridgehead atoms. The van der Waals surface area contributed by atoms with Crippen LogP contribution in [0, 0.1) is 5.92 Å². The SMILES string of the molecule is O=C1C[C@@H]2CC[C@H]1[C@@H](C(=O)I)N2. The minimum Gasteiger partial charge on any atom is -0.303 e. The second-order valence-corrected chi connectivity index (χ2v) is 4.56. The van der Waals surface area contributed by atoms with E-state index in [2.05, 4.69) is 5.32 Å². The minimum absolute atomic E-state index is 0.0283. The maximum absolute atomic E-state index is 11.4. The van der Waals surface area contributed by atoms with Gasteiger partial charge >= 0.3 is 0 Å². The molecule has 0 aromatic rings. The van der Waals surface area contributed by atoms with Gasteiger partial charge in [-0.15, -0.1) is 0 Å². The summed E-state index contributed by atoms with van der Waals surface area (Å²) < 4.78 is 0.0790. The Morgan fingerprint density at radius 2 is 2.25 bits per heavy atom. The third-order valence-electron chi connectivity index (χ3n) is 2.75. The van der Waals surface area contributed by atoms with Gasteiger partial charge in [0.1, 0.15) is 5.78 Å². The molecule has 12 heavy (non-hydrogen) atoms. The first-order valence-electron chi connectivity index (χ1n) is 4.16. The molecule has 4 heteroatoms. The number of piperidine rings is 2. The van der Waals surface area contributed by atoms with Gasteiger partial charge in [0, 0.05) is 41.0 Å². The number of nitrogens with one attached hydrogen (secondary N) is 1. The summed E-state index contributed by atoms with van der Waals surface area (Å²) in [7, 11) is 0. The lowest BCUT2D eigenvalue weighted by molar-refractivity contribution is -0.133. The smallest absolute Gasteiger partial charge is 0.209 e. The van der Waals surface area contributed by atoms with Crippen molar-refractivity contribution in [3.63, 3.8) is 0 Å². The molecule has 66 valence electrons. The van der Waals surface area contributed by atoms with Crippen LogP contribution in [-0.4, -0.2) is 21.7 Å². The van der Waals surface area contributed by atoms with E-state index in [4.69, 9.17) is 0 Å². The predicted octanol–water partition coefficient (Wildman–Crippen LogP) is 0.658. The molecule has 3 fully saturated rings. The molecule has 1 saturated carbocycles. The van der Waals surface area contributed by atoms with Crippen molar-refractivity contribution in [3.8, 4) is 0 Å². The van der Waals surface area contributed by atoms with E-state index >= 15 is 0 Å². The number of carbonyl (C=O) groups is 2. The van der Waals surface area contributed by atoms with E-state index < -0.39 is 0 Å². The average molecular weight is 279 g/mol. The van der Waals surface area contributed by atoms with Gasteiger partial charge in [-0.2, -0.15) is 0 Å². The van der Waals surface area contributed by atoms with E-state index in [1.165, 1.54) is 0 Å². The van der Waals surface area contributed by atoms with Gasteiger partial charge in [0.25, 0.3) is 0 Å². The van der Waals surface area contributed by atoms with Crippen LogP contribution < -0.4 is 5.32 Å². The highest BCUT2D eigenvalue weighted by Crippen LogP contribution is 2.31. The molecule has 0 aromatic heterocycles. The maximum atomic E-state index is 11.4. The van der Waals surface area contributed by atoms with Crippen LogP contribution in [0.1, 0.15) is 19.3 Å². The first kappa shape index (κ1) is 8.62. The summed E-state index contributed by atoms with van der Waals surface area (Å²) in [5, 5.41) is 3.20. The van der Waals surface area contributed by atoms with Crippen LogP contribution in [-0.2, 0) is 9.59 Å². The molecular formula is C8H10INO2. The topological polar surface area (TPSA) is 46.2 Å². The van der Waals surface area contributed by atoms with Crippen LogP contribution >= 0.6 is 22.6 Å². The Balaban J connectivity index is 2.19. The highest BCUT2D eigenvalue weighted by atomic mass is 127. The first-order chi connectivity index (χ1) is 5.68. The van der Waals surface area contributed by atoms with Gasteiger partial charge in [0.15, 0.2) is 0 Å². The molecular weight excluding hydrogens is 269 g/mol. The van der Waals surface area contributed by atoms with Crippen LogP contribution in [0.25, 0.3) is 0 Å². The number of hydrogen-bond donors (Lipinski definition) is 1. The van der Waals surface area contributed by atoms with E-state index in [0.717, 1.165) is 12.8 Å². The van der Waals surface area contributed by atoms with E-state index in [1.807, 2.05) is 0 Å². The zero-order valence-corrected chi connectivity index (χ0v) is 8.71. The molecule has 3 nitrogen and oxygen atoms in total. The quantitative estimate of drug-likeness (QED) is 0.566. The normalized spacial score (nSPS) is 40.1. The van der Waals surface area contributed by atoms with Crippen molar-refractivity contribution in [2.75, 3.05) is 0 Å². The van der Waals surface area contributed by atoms with Crippen molar-refractivity contribution >= 4 is 32.2 Å². The number of fused-ring (bicyclic) bond motifs is 3. The van der Waals surface area contributed by atoms with Crippen LogP contribution in [0.4, 0.5) is 0 Å². The number of ketones is 1. The van der Waals surface area contributed by atoms with E-state index in [-0.39, 0.29) is 27.6 Å². The Bertz CT molecular complexity index is 241. The minimum atomic E-state index is -0.189. The van der Waals surface area contributed by atoms with Crippen molar-refractivity contribution in [3.05, 3.63) is 0 Å². The number of halogens is 1. The lowest BCUT2D eigenvalue weighted by atomic mass is 9.76. The van der Waals surface area contributed by atoms with Crippen molar-refractivity contribution in [1.82, 2.24) is 5.32 Å². The van der Waals surface area contributed by atoms with Gasteiger partial charge in [-0.3, -0.25) is 9.59 Å². The number of carbonyl (C=O) groups excluding carboxylic acids is 2. The van der Waals surface area contributed by atoms with Crippen LogP contribution in [0.2, 0.25) is 0 Å². The molecule has 3 atom stereocenters. The molecule has 3 aliphatic rings. The van der Waals surface area contributed by atoms with Gasteiger partial charge in [-0.1, -0.05) is 0 Å². The largest absolute Gasteiger partial charge is 0.303 e. The second-order valence-electron chi connectivity index (χ2n) is 3.50. The maximum Gasteiger partial charge on any atom is 0.209 e. The van der Waals surface area contributed by atoms with Crippen molar-refractivity contribution in [1.29, 1.82) is 0 Å². The molecule has 0 amide bonds. The Labute approximate surface area is 84.4 Å². The zero-order chi connectivity index (χ0) is 8.72. The zero-order valence-electron chi connectivity index (χ0n) is 6.55. The molecule has 2 saturated heterocycles. The van der Waals surface area contributed by atoms with Gasteiger partial charge in [0.05, 0.1) is 6.04 Å². The molecule has 0 spiro atoms. The van der Waals surface area contributed by atoms with Gasteiger partial charge in [-0.05, 0) is 12.8 Å². The summed E-state index contributed by atoms with van der Waals surface area (Å²) >= 11 is 1.78. The van der Waals surface area contributed by atoms with Gasteiger partial charge in [-0.25, -0.2) is 0 Å². The fraction of sp³-hybridized carbons (Fsp3) is 0.750. The molecule has 3 rings (SSSR count). The summed E-state index contributed by atoms with van der Waals surface area (Å²) in [4.78, 5) is 22.5. The molecule has 0 radical (unpaired) electrons. The fourth-order valence-corrected chi connectivity index (χ4v) is 2.74. The lowest BCUT2D eigenvalue weighted by Gasteiger charge is -2.40. The Hall–Kier alpha value is 0.0300. The van der Waals surface area contributed by atoms with Crippen LogP contribution in [0.5, 0.6) is 0 Å². The summed E-state index contributed by atoms with van der Waals surface area (Å²) in [6.07, 6.45) is 2.58. The fourth-order valence-electron chi connectivity index (χ4n) is 2.13. The molecule has 2 heterocycles. The summed E-state index contributed by atoms with van der Waals surface area (Å²) in [5.41, 5.74) is 0. The molecule has 2 aliphatic heterocycles.